The number of aliphatic hydroxyl groups is 2. The van der Waals surface area contributed by atoms with Crippen molar-refractivity contribution in [3.8, 4) is 0 Å². The molecule has 0 aliphatic carbocycles. The Kier molecular flexibility index (Phi) is 48.0. The molecule has 360 valence electrons. The SMILES string of the molecule is CCCCC/C=C\C/C=C\CCCCCCCC(CC(=O)NC(CO)C(O)CCCCCCCCCCCCCCCC)OC(=O)CCCCCCCCCCCCCCC. The molecule has 0 rings (SSSR count). The highest BCUT2D eigenvalue weighted by Gasteiger charge is 2.24. The van der Waals surface area contributed by atoms with Gasteiger partial charge in [-0.1, -0.05) is 244 Å². The molecule has 0 fully saturated rings. The van der Waals surface area contributed by atoms with E-state index in [0.29, 0.717) is 19.3 Å². The van der Waals surface area contributed by atoms with Crippen LogP contribution in [0.4, 0.5) is 0 Å². The van der Waals surface area contributed by atoms with Gasteiger partial charge in [-0.25, -0.2) is 0 Å². The van der Waals surface area contributed by atoms with Crippen LogP contribution < -0.4 is 5.32 Å². The van der Waals surface area contributed by atoms with Gasteiger partial charge in [-0.2, -0.15) is 0 Å². The zero-order chi connectivity index (χ0) is 44.5. The molecule has 6 heteroatoms. The Balaban J connectivity index is 4.56. The lowest BCUT2D eigenvalue weighted by Crippen LogP contribution is -2.46. The van der Waals surface area contributed by atoms with Gasteiger partial charge in [0.1, 0.15) is 6.10 Å². The molecule has 3 atom stereocenters. The minimum atomic E-state index is -0.787. The van der Waals surface area contributed by atoms with Gasteiger partial charge in [0, 0.05) is 6.42 Å². The molecule has 3 unspecified atom stereocenters. The summed E-state index contributed by atoms with van der Waals surface area (Å²) in [5.41, 5.74) is 0. The Hall–Kier alpha value is -1.66. The largest absolute Gasteiger partial charge is 0.462 e. The standard InChI is InChI=1S/C55H105NO5/c1-4-7-10-13-16-19-22-25-27-29-31-34-37-40-43-46-51(61-55(60)48-45-42-39-36-33-28-24-21-18-15-12-9-6-3)49-54(59)56-52(50-57)53(58)47-44-41-38-35-32-30-26-23-20-17-14-11-8-5-2/h16,19,25,27,51-53,57-58H,4-15,17-18,20-24,26,28-50H2,1-3H3,(H,56,59)/b19-16-,27-25-. The van der Waals surface area contributed by atoms with E-state index in [4.69, 9.17) is 4.74 Å². The summed E-state index contributed by atoms with van der Waals surface area (Å²) in [7, 11) is 0. The number of hydrogen-bond donors (Lipinski definition) is 3. The number of carbonyl (C=O) groups is 2. The van der Waals surface area contributed by atoms with Crippen LogP contribution in [0.2, 0.25) is 0 Å². The smallest absolute Gasteiger partial charge is 0.306 e. The first kappa shape index (κ1) is 59.3. The molecular formula is C55H105NO5. The predicted octanol–water partition coefficient (Wildman–Crippen LogP) is 16.3. The number of esters is 1. The van der Waals surface area contributed by atoms with Crippen LogP contribution in [-0.2, 0) is 14.3 Å². The van der Waals surface area contributed by atoms with Crippen molar-refractivity contribution in [2.45, 2.75) is 309 Å². The van der Waals surface area contributed by atoms with E-state index >= 15 is 0 Å². The Labute approximate surface area is 380 Å². The first-order valence-corrected chi connectivity index (χ1v) is 27.1. The van der Waals surface area contributed by atoms with E-state index in [1.54, 1.807) is 0 Å². The van der Waals surface area contributed by atoms with E-state index in [1.165, 1.54) is 180 Å². The topological polar surface area (TPSA) is 95.9 Å². The first-order valence-electron chi connectivity index (χ1n) is 27.1. The van der Waals surface area contributed by atoms with Crippen molar-refractivity contribution in [1.82, 2.24) is 5.32 Å². The van der Waals surface area contributed by atoms with E-state index in [2.05, 4.69) is 50.4 Å². The summed E-state index contributed by atoms with van der Waals surface area (Å²) >= 11 is 0. The molecule has 61 heavy (non-hydrogen) atoms. The second-order valence-corrected chi connectivity index (χ2v) is 18.6. The van der Waals surface area contributed by atoms with Crippen molar-refractivity contribution in [3.63, 3.8) is 0 Å². The molecule has 6 nitrogen and oxygen atoms in total. The molecule has 1 amide bonds. The number of rotatable bonds is 49. The number of carbonyl (C=O) groups excluding carboxylic acids is 2. The van der Waals surface area contributed by atoms with Crippen LogP contribution in [0, 0.1) is 0 Å². The number of nitrogens with one attached hydrogen (secondary N) is 1. The molecule has 0 aliphatic heterocycles. The molecule has 0 saturated heterocycles. The molecule has 0 aromatic rings. The predicted molar refractivity (Wildman–Crippen MR) is 264 cm³/mol. The van der Waals surface area contributed by atoms with Crippen LogP contribution in [-0.4, -0.2) is 46.9 Å². The third-order valence-corrected chi connectivity index (χ3v) is 12.5. The highest BCUT2D eigenvalue weighted by atomic mass is 16.5. The third-order valence-electron chi connectivity index (χ3n) is 12.5. The highest BCUT2D eigenvalue weighted by Crippen LogP contribution is 2.18. The maximum atomic E-state index is 13.2. The van der Waals surface area contributed by atoms with Crippen molar-refractivity contribution >= 4 is 11.9 Å². The number of hydrogen-bond acceptors (Lipinski definition) is 5. The maximum Gasteiger partial charge on any atom is 0.306 e. The molecule has 0 spiro atoms. The fraction of sp³-hybridized carbons (Fsp3) is 0.891. The normalized spacial score (nSPS) is 13.3. The van der Waals surface area contributed by atoms with Gasteiger partial charge in [0.2, 0.25) is 5.91 Å². The Morgan fingerprint density at radius 1 is 0.475 bits per heavy atom. The quantitative estimate of drug-likeness (QED) is 0.0322. The van der Waals surface area contributed by atoms with Crippen molar-refractivity contribution in [2.24, 2.45) is 0 Å². The molecule has 3 N–H and O–H groups in total. The summed E-state index contributed by atoms with van der Waals surface area (Å²) in [6, 6.07) is -0.701. The summed E-state index contributed by atoms with van der Waals surface area (Å²) in [5, 5.41) is 23.8. The molecule has 0 heterocycles. The van der Waals surface area contributed by atoms with Gasteiger partial charge in [-0.05, 0) is 57.8 Å². The number of aliphatic hydroxyl groups excluding tert-OH is 2. The first-order chi connectivity index (χ1) is 30.0. The van der Waals surface area contributed by atoms with Crippen molar-refractivity contribution in [1.29, 1.82) is 0 Å². The Morgan fingerprint density at radius 2 is 0.836 bits per heavy atom. The molecule has 0 aromatic heterocycles. The summed E-state index contributed by atoms with van der Waals surface area (Å²) in [4.78, 5) is 26.2. The van der Waals surface area contributed by atoms with Crippen LogP contribution in [0.25, 0.3) is 0 Å². The van der Waals surface area contributed by atoms with Crippen molar-refractivity contribution in [3.05, 3.63) is 24.3 Å². The summed E-state index contributed by atoms with van der Waals surface area (Å²) in [6.45, 7) is 6.48. The summed E-state index contributed by atoms with van der Waals surface area (Å²) in [6.07, 6.45) is 56.6. The third kappa shape index (κ3) is 44.7. The van der Waals surface area contributed by atoms with Gasteiger partial charge >= 0.3 is 5.97 Å². The second kappa shape index (κ2) is 49.4. The Bertz CT molecular complexity index is 966. The van der Waals surface area contributed by atoms with Gasteiger partial charge in [0.05, 0.1) is 25.2 Å². The van der Waals surface area contributed by atoms with Crippen LogP contribution in [0.3, 0.4) is 0 Å². The molecular weight excluding hydrogens is 755 g/mol. The minimum Gasteiger partial charge on any atom is -0.462 e. The van der Waals surface area contributed by atoms with Gasteiger partial charge < -0.3 is 20.3 Å². The zero-order valence-corrected chi connectivity index (χ0v) is 41.1. The number of amides is 1. The molecule has 0 radical (unpaired) electrons. The molecule has 0 saturated carbocycles. The molecule has 0 aliphatic rings. The number of allylic oxidation sites excluding steroid dienone is 4. The zero-order valence-electron chi connectivity index (χ0n) is 41.1. The monoisotopic (exact) mass is 860 g/mol. The van der Waals surface area contributed by atoms with Crippen LogP contribution in [0.1, 0.15) is 290 Å². The van der Waals surface area contributed by atoms with E-state index in [-0.39, 0.29) is 24.9 Å². The maximum absolute atomic E-state index is 13.2. The molecule has 0 aromatic carbocycles. The van der Waals surface area contributed by atoms with Crippen LogP contribution in [0.15, 0.2) is 24.3 Å². The van der Waals surface area contributed by atoms with E-state index in [1.807, 2.05) is 0 Å². The average Bonchev–Trinajstić information content (AvgIpc) is 3.25. The van der Waals surface area contributed by atoms with E-state index in [0.717, 1.165) is 64.2 Å². The van der Waals surface area contributed by atoms with Gasteiger partial charge in [-0.15, -0.1) is 0 Å². The highest BCUT2D eigenvalue weighted by molar-refractivity contribution is 5.77. The lowest BCUT2D eigenvalue weighted by molar-refractivity contribution is -0.151. The second-order valence-electron chi connectivity index (χ2n) is 18.6. The fourth-order valence-electron chi connectivity index (χ4n) is 8.40. The minimum absolute atomic E-state index is 0.0737. The molecule has 0 bridgehead atoms. The number of unbranched alkanes of at least 4 members (excludes halogenated alkanes) is 33. The van der Waals surface area contributed by atoms with E-state index < -0.39 is 18.2 Å². The lowest BCUT2D eigenvalue weighted by Gasteiger charge is -2.24. The van der Waals surface area contributed by atoms with E-state index in [9.17, 15) is 19.8 Å². The van der Waals surface area contributed by atoms with Crippen molar-refractivity contribution in [2.75, 3.05) is 6.61 Å². The lowest BCUT2D eigenvalue weighted by atomic mass is 10.0. The van der Waals surface area contributed by atoms with Gasteiger partial charge in [-0.3, -0.25) is 9.59 Å². The summed E-state index contributed by atoms with van der Waals surface area (Å²) in [5.74, 6) is -0.472. The number of ether oxygens (including phenoxy) is 1. The fourth-order valence-corrected chi connectivity index (χ4v) is 8.40. The van der Waals surface area contributed by atoms with Crippen molar-refractivity contribution < 1.29 is 24.5 Å². The van der Waals surface area contributed by atoms with Gasteiger partial charge in [0.15, 0.2) is 0 Å². The van der Waals surface area contributed by atoms with Crippen LogP contribution >= 0.6 is 0 Å². The Morgan fingerprint density at radius 3 is 1.28 bits per heavy atom. The van der Waals surface area contributed by atoms with Crippen LogP contribution in [0.5, 0.6) is 0 Å². The summed E-state index contributed by atoms with van der Waals surface area (Å²) < 4.78 is 5.94. The average molecular weight is 860 g/mol. The van der Waals surface area contributed by atoms with Gasteiger partial charge in [0.25, 0.3) is 0 Å².